The third-order valence-corrected chi connectivity index (χ3v) is 4.23. The second kappa shape index (κ2) is 6.64. The van der Waals surface area contributed by atoms with E-state index in [1.54, 1.807) is 9.96 Å². The van der Waals surface area contributed by atoms with E-state index in [0.717, 1.165) is 18.5 Å². The SMILES string of the molecule is CN1CC[C@@H]([C@@H]2C[C@@H](O)CN2C(=O)OCc2ccccc2)O1. The Bertz CT molecular complexity index is 510. The summed E-state index contributed by atoms with van der Waals surface area (Å²) in [5.41, 5.74) is 0.948. The van der Waals surface area contributed by atoms with Crippen molar-refractivity contribution in [1.82, 2.24) is 9.96 Å². The Morgan fingerprint density at radius 3 is 2.86 bits per heavy atom. The number of aliphatic hydroxyl groups excluding tert-OH is 1. The lowest BCUT2D eigenvalue weighted by molar-refractivity contribution is -0.142. The van der Waals surface area contributed by atoms with Crippen LogP contribution in [0.4, 0.5) is 4.79 Å². The lowest BCUT2D eigenvalue weighted by Gasteiger charge is -2.27. The van der Waals surface area contributed by atoms with E-state index in [1.807, 2.05) is 37.4 Å². The fourth-order valence-electron chi connectivity index (χ4n) is 3.12. The Hall–Kier alpha value is -1.63. The number of carbonyl (C=O) groups excluding carboxylic acids is 1. The maximum atomic E-state index is 12.3. The van der Waals surface area contributed by atoms with Gasteiger partial charge in [-0.25, -0.2) is 4.79 Å². The summed E-state index contributed by atoms with van der Waals surface area (Å²) < 4.78 is 5.38. The second-order valence-corrected chi connectivity index (χ2v) is 5.93. The normalized spacial score (nSPS) is 29.0. The molecule has 6 heteroatoms. The van der Waals surface area contributed by atoms with Crippen LogP contribution in [0.5, 0.6) is 0 Å². The van der Waals surface area contributed by atoms with Gasteiger partial charge >= 0.3 is 6.09 Å². The van der Waals surface area contributed by atoms with Crippen molar-refractivity contribution in [2.24, 2.45) is 0 Å². The highest BCUT2D eigenvalue weighted by atomic mass is 16.7. The van der Waals surface area contributed by atoms with Crippen LogP contribution in [0.2, 0.25) is 0 Å². The van der Waals surface area contributed by atoms with Crippen molar-refractivity contribution in [3.05, 3.63) is 35.9 Å². The molecule has 120 valence electrons. The summed E-state index contributed by atoms with van der Waals surface area (Å²) >= 11 is 0. The molecule has 0 saturated carbocycles. The molecule has 2 heterocycles. The highest BCUT2D eigenvalue weighted by molar-refractivity contribution is 5.68. The molecule has 2 aliphatic heterocycles. The molecule has 22 heavy (non-hydrogen) atoms. The molecule has 1 amide bonds. The number of nitrogens with zero attached hydrogens (tertiary/aromatic N) is 2. The zero-order valence-electron chi connectivity index (χ0n) is 12.7. The number of benzene rings is 1. The maximum Gasteiger partial charge on any atom is 0.410 e. The van der Waals surface area contributed by atoms with Gasteiger partial charge in [-0.3, -0.25) is 9.74 Å². The molecule has 2 fully saturated rings. The topological polar surface area (TPSA) is 62.2 Å². The zero-order chi connectivity index (χ0) is 15.5. The second-order valence-electron chi connectivity index (χ2n) is 5.93. The minimum Gasteiger partial charge on any atom is -0.445 e. The Labute approximate surface area is 130 Å². The van der Waals surface area contributed by atoms with E-state index in [2.05, 4.69) is 0 Å². The number of carbonyl (C=O) groups is 1. The van der Waals surface area contributed by atoms with Crippen LogP contribution >= 0.6 is 0 Å². The van der Waals surface area contributed by atoms with E-state index in [4.69, 9.17) is 9.57 Å². The fourth-order valence-corrected chi connectivity index (χ4v) is 3.12. The van der Waals surface area contributed by atoms with Crippen LogP contribution < -0.4 is 0 Å². The van der Waals surface area contributed by atoms with Gasteiger partial charge in [-0.1, -0.05) is 30.3 Å². The van der Waals surface area contributed by atoms with Crippen LogP contribution in [0.3, 0.4) is 0 Å². The highest BCUT2D eigenvalue weighted by Crippen LogP contribution is 2.28. The van der Waals surface area contributed by atoms with Gasteiger partial charge in [0, 0.05) is 13.6 Å². The third-order valence-electron chi connectivity index (χ3n) is 4.23. The molecule has 3 rings (SSSR count). The lowest BCUT2D eigenvalue weighted by Crippen LogP contribution is -2.43. The van der Waals surface area contributed by atoms with Crippen molar-refractivity contribution in [2.45, 2.75) is 37.7 Å². The first-order valence-electron chi connectivity index (χ1n) is 7.67. The van der Waals surface area contributed by atoms with Gasteiger partial charge in [0.1, 0.15) is 12.7 Å². The first kappa shape index (κ1) is 15.3. The van der Waals surface area contributed by atoms with Gasteiger partial charge in [0.2, 0.25) is 0 Å². The van der Waals surface area contributed by atoms with Crippen molar-refractivity contribution in [3.8, 4) is 0 Å². The molecular weight excluding hydrogens is 284 g/mol. The predicted octanol–water partition coefficient (Wildman–Crippen LogP) is 1.39. The molecule has 0 radical (unpaired) electrons. The lowest BCUT2D eigenvalue weighted by atomic mass is 10.1. The molecule has 2 saturated heterocycles. The number of rotatable bonds is 3. The minimum atomic E-state index is -0.510. The van der Waals surface area contributed by atoms with Gasteiger partial charge in [-0.05, 0) is 18.4 Å². The van der Waals surface area contributed by atoms with Crippen LogP contribution in [0.1, 0.15) is 18.4 Å². The zero-order valence-corrected chi connectivity index (χ0v) is 12.7. The standard InChI is InChI=1S/C16H22N2O4/c1-17-8-7-15(22-17)14-9-13(19)10-18(14)16(20)21-11-12-5-3-2-4-6-12/h2-6,13-15,19H,7-11H2,1H3/t13-,14+,15+/m1/s1. The molecule has 0 aliphatic carbocycles. The smallest absolute Gasteiger partial charge is 0.410 e. The van der Waals surface area contributed by atoms with E-state index < -0.39 is 6.10 Å². The first-order valence-corrected chi connectivity index (χ1v) is 7.67. The average molecular weight is 306 g/mol. The van der Waals surface area contributed by atoms with Crippen molar-refractivity contribution in [2.75, 3.05) is 20.1 Å². The quantitative estimate of drug-likeness (QED) is 0.914. The van der Waals surface area contributed by atoms with Gasteiger partial charge < -0.3 is 9.84 Å². The predicted molar refractivity (Wildman–Crippen MR) is 79.9 cm³/mol. The first-order chi connectivity index (χ1) is 10.6. The van der Waals surface area contributed by atoms with E-state index in [0.29, 0.717) is 13.0 Å². The molecule has 2 aliphatic rings. The molecule has 0 unspecified atom stereocenters. The minimum absolute atomic E-state index is 0.0635. The van der Waals surface area contributed by atoms with Gasteiger partial charge in [0.15, 0.2) is 0 Å². The highest BCUT2D eigenvalue weighted by Gasteiger charge is 2.42. The molecule has 1 N–H and O–H groups in total. The van der Waals surface area contributed by atoms with Crippen LogP contribution in [-0.2, 0) is 16.2 Å². The van der Waals surface area contributed by atoms with Gasteiger partial charge in [0.25, 0.3) is 0 Å². The van der Waals surface area contributed by atoms with Gasteiger partial charge in [-0.2, -0.15) is 5.06 Å². The monoisotopic (exact) mass is 306 g/mol. The molecular formula is C16H22N2O4. The number of hydrogen-bond acceptors (Lipinski definition) is 5. The number of ether oxygens (including phenoxy) is 1. The Morgan fingerprint density at radius 1 is 1.41 bits per heavy atom. The van der Waals surface area contributed by atoms with Crippen LogP contribution in [0.15, 0.2) is 30.3 Å². The van der Waals surface area contributed by atoms with Crippen molar-refractivity contribution in [1.29, 1.82) is 0 Å². The van der Waals surface area contributed by atoms with Crippen LogP contribution in [0.25, 0.3) is 0 Å². The number of amides is 1. The number of β-amino-alcohol motifs (C(OH)–C–C–N with tert-alkyl or cyclic N) is 1. The molecule has 0 spiro atoms. The number of likely N-dealkylation sites (tertiary alicyclic amines) is 1. The van der Waals surface area contributed by atoms with E-state index in [9.17, 15) is 9.90 Å². The summed E-state index contributed by atoms with van der Waals surface area (Å²) in [4.78, 5) is 19.7. The molecule has 0 bridgehead atoms. The summed E-state index contributed by atoms with van der Waals surface area (Å²) in [7, 11) is 1.88. The van der Waals surface area contributed by atoms with E-state index in [-0.39, 0.29) is 24.8 Å². The number of aliphatic hydroxyl groups is 1. The molecule has 1 aromatic carbocycles. The third kappa shape index (κ3) is 3.40. The van der Waals surface area contributed by atoms with E-state index >= 15 is 0 Å². The fraction of sp³-hybridized carbons (Fsp3) is 0.562. The van der Waals surface area contributed by atoms with Crippen molar-refractivity contribution in [3.63, 3.8) is 0 Å². The summed E-state index contributed by atoms with van der Waals surface area (Å²) in [6.07, 6.45) is 0.439. The number of hydroxylamine groups is 2. The van der Waals surface area contributed by atoms with Crippen molar-refractivity contribution >= 4 is 6.09 Å². The number of hydrogen-bond donors (Lipinski definition) is 1. The summed E-state index contributed by atoms with van der Waals surface area (Å²) in [6, 6.07) is 9.45. The van der Waals surface area contributed by atoms with Gasteiger partial charge in [0.05, 0.1) is 18.7 Å². The summed E-state index contributed by atoms with van der Waals surface area (Å²) in [5.74, 6) is 0. The Balaban J connectivity index is 1.60. The average Bonchev–Trinajstić information content (AvgIpc) is 3.11. The Kier molecular flexibility index (Phi) is 4.61. The van der Waals surface area contributed by atoms with Crippen LogP contribution in [-0.4, -0.2) is 59.5 Å². The van der Waals surface area contributed by atoms with E-state index in [1.165, 1.54) is 0 Å². The molecule has 1 aromatic rings. The van der Waals surface area contributed by atoms with Gasteiger partial charge in [-0.15, -0.1) is 0 Å². The largest absolute Gasteiger partial charge is 0.445 e. The maximum absolute atomic E-state index is 12.3. The molecule has 0 aromatic heterocycles. The molecule has 3 atom stereocenters. The Morgan fingerprint density at radius 2 is 2.18 bits per heavy atom. The molecule has 6 nitrogen and oxygen atoms in total. The summed E-state index contributed by atoms with van der Waals surface area (Å²) in [6.45, 7) is 1.39. The van der Waals surface area contributed by atoms with Crippen LogP contribution in [0, 0.1) is 0 Å². The van der Waals surface area contributed by atoms with Crippen molar-refractivity contribution < 1.29 is 19.5 Å². The summed E-state index contributed by atoms with van der Waals surface area (Å²) in [5, 5.41) is 11.7.